The molecule has 0 radical (unpaired) electrons. The van der Waals surface area contributed by atoms with Gasteiger partial charge in [-0.1, -0.05) is 18.7 Å². The lowest BCUT2D eigenvalue weighted by molar-refractivity contribution is -0.115. The molecule has 0 aromatic carbocycles. The van der Waals surface area contributed by atoms with Gasteiger partial charge in [-0.15, -0.1) is 21.5 Å². The number of aromatic nitrogens is 4. The number of hydrogen-bond donors (Lipinski definition) is 1. The molecule has 0 bridgehead atoms. The molecule has 1 aliphatic carbocycles. The van der Waals surface area contributed by atoms with Gasteiger partial charge in [-0.3, -0.25) is 9.78 Å². The van der Waals surface area contributed by atoms with Crippen LogP contribution in [-0.2, 0) is 29.4 Å². The van der Waals surface area contributed by atoms with Crippen molar-refractivity contribution in [3.05, 3.63) is 40.5 Å². The third-order valence-electron chi connectivity index (χ3n) is 5.65. The molecular weight excluding hydrogens is 458 g/mol. The number of thiophene rings is 1. The number of fused-ring (bicyclic) bond motifs is 1. The summed E-state index contributed by atoms with van der Waals surface area (Å²) >= 11 is 2.82. The van der Waals surface area contributed by atoms with E-state index in [2.05, 4.69) is 27.4 Å². The molecule has 3 aromatic rings. The highest BCUT2D eigenvalue weighted by Gasteiger charge is 2.30. The van der Waals surface area contributed by atoms with Crippen molar-refractivity contribution in [1.82, 2.24) is 19.7 Å². The molecule has 10 heteroatoms. The molecule has 1 amide bonds. The van der Waals surface area contributed by atoms with Crippen LogP contribution in [0.3, 0.4) is 0 Å². The van der Waals surface area contributed by atoms with E-state index < -0.39 is 5.25 Å². The zero-order valence-corrected chi connectivity index (χ0v) is 20.8. The molecule has 2 atom stereocenters. The van der Waals surface area contributed by atoms with E-state index in [1.807, 2.05) is 30.7 Å². The first-order valence-corrected chi connectivity index (χ1v) is 12.7. The van der Waals surface area contributed by atoms with E-state index in [0.29, 0.717) is 34.1 Å². The Morgan fingerprint density at radius 2 is 2.09 bits per heavy atom. The Morgan fingerprint density at radius 1 is 1.33 bits per heavy atom. The number of anilines is 1. The van der Waals surface area contributed by atoms with Crippen molar-refractivity contribution in [2.45, 2.75) is 50.4 Å². The SMILES string of the molecule is CCOC(=O)c1c(NC(=O)[C@H](C)Sc2nnc(-c3ccncc3)n2C)sc2c1CC[C@@H](C)C2. The second-order valence-electron chi connectivity index (χ2n) is 8.13. The summed E-state index contributed by atoms with van der Waals surface area (Å²) in [6.07, 6.45) is 6.19. The lowest BCUT2D eigenvalue weighted by Gasteiger charge is -2.18. The van der Waals surface area contributed by atoms with E-state index in [9.17, 15) is 9.59 Å². The van der Waals surface area contributed by atoms with Gasteiger partial charge < -0.3 is 14.6 Å². The van der Waals surface area contributed by atoms with Crippen LogP contribution in [0.4, 0.5) is 5.00 Å². The van der Waals surface area contributed by atoms with Gasteiger partial charge in [0.15, 0.2) is 11.0 Å². The summed E-state index contributed by atoms with van der Waals surface area (Å²) in [5, 5.41) is 12.3. The van der Waals surface area contributed by atoms with E-state index in [4.69, 9.17) is 4.74 Å². The third kappa shape index (κ3) is 4.96. The molecule has 0 fully saturated rings. The molecule has 0 spiro atoms. The number of esters is 1. The fourth-order valence-electron chi connectivity index (χ4n) is 3.85. The Hall–Kier alpha value is -2.72. The predicted molar refractivity (Wildman–Crippen MR) is 130 cm³/mol. The predicted octanol–water partition coefficient (Wildman–Crippen LogP) is 4.36. The van der Waals surface area contributed by atoms with Gasteiger partial charge in [0.1, 0.15) is 5.00 Å². The quantitative estimate of drug-likeness (QED) is 0.392. The van der Waals surface area contributed by atoms with Gasteiger partial charge in [0.25, 0.3) is 0 Å². The molecule has 1 aliphatic rings. The van der Waals surface area contributed by atoms with Crippen molar-refractivity contribution in [3.63, 3.8) is 0 Å². The second-order valence-corrected chi connectivity index (χ2v) is 10.5. The summed E-state index contributed by atoms with van der Waals surface area (Å²) in [5.74, 6) is 0.716. The number of thioether (sulfide) groups is 1. The van der Waals surface area contributed by atoms with Gasteiger partial charge in [-0.25, -0.2) is 4.79 Å². The van der Waals surface area contributed by atoms with E-state index in [1.165, 1.54) is 28.0 Å². The molecule has 0 unspecified atom stereocenters. The lowest BCUT2D eigenvalue weighted by Crippen LogP contribution is -2.24. The van der Waals surface area contributed by atoms with Gasteiger partial charge in [-0.05, 0) is 56.7 Å². The number of hydrogen-bond acceptors (Lipinski definition) is 8. The number of amides is 1. The number of pyridine rings is 1. The lowest BCUT2D eigenvalue weighted by atomic mass is 9.88. The van der Waals surface area contributed by atoms with Gasteiger partial charge in [-0.2, -0.15) is 0 Å². The normalized spacial score (nSPS) is 16.2. The number of rotatable bonds is 7. The summed E-state index contributed by atoms with van der Waals surface area (Å²) in [7, 11) is 1.87. The third-order valence-corrected chi connectivity index (χ3v) is 7.96. The van der Waals surface area contributed by atoms with Crippen LogP contribution in [0.15, 0.2) is 29.7 Å². The number of ether oxygens (including phenoxy) is 1. The molecule has 3 aromatic heterocycles. The topological polar surface area (TPSA) is 99.0 Å². The van der Waals surface area contributed by atoms with Crippen molar-refractivity contribution in [2.24, 2.45) is 13.0 Å². The van der Waals surface area contributed by atoms with Gasteiger partial charge in [0, 0.05) is 29.9 Å². The molecule has 8 nitrogen and oxygen atoms in total. The average molecular weight is 486 g/mol. The largest absolute Gasteiger partial charge is 0.462 e. The molecule has 0 aliphatic heterocycles. The van der Waals surface area contributed by atoms with Crippen LogP contribution in [0, 0.1) is 5.92 Å². The first-order chi connectivity index (χ1) is 15.9. The summed E-state index contributed by atoms with van der Waals surface area (Å²) in [4.78, 5) is 31.0. The highest BCUT2D eigenvalue weighted by molar-refractivity contribution is 8.00. The highest BCUT2D eigenvalue weighted by atomic mass is 32.2. The fraction of sp³-hybridized carbons (Fsp3) is 0.435. The Morgan fingerprint density at radius 3 is 2.82 bits per heavy atom. The van der Waals surface area contributed by atoms with Crippen LogP contribution >= 0.6 is 23.1 Å². The number of carbonyl (C=O) groups is 2. The number of nitrogens with one attached hydrogen (secondary N) is 1. The van der Waals surface area contributed by atoms with Crippen LogP contribution < -0.4 is 5.32 Å². The number of nitrogens with zero attached hydrogens (tertiary/aromatic N) is 4. The second kappa shape index (κ2) is 10.0. The molecule has 4 rings (SSSR count). The Balaban J connectivity index is 1.52. The van der Waals surface area contributed by atoms with Crippen molar-refractivity contribution in [1.29, 1.82) is 0 Å². The molecule has 0 saturated heterocycles. The zero-order chi connectivity index (χ0) is 23.5. The summed E-state index contributed by atoms with van der Waals surface area (Å²) in [6, 6.07) is 3.73. The van der Waals surface area contributed by atoms with Gasteiger partial charge in [0.2, 0.25) is 5.91 Å². The molecule has 33 heavy (non-hydrogen) atoms. The van der Waals surface area contributed by atoms with Crippen LogP contribution in [0.2, 0.25) is 0 Å². The van der Waals surface area contributed by atoms with E-state index >= 15 is 0 Å². The number of carbonyl (C=O) groups excluding carboxylic acids is 2. The molecule has 1 N–H and O–H groups in total. The van der Waals surface area contributed by atoms with Crippen molar-refractivity contribution < 1.29 is 14.3 Å². The monoisotopic (exact) mass is 485 g/mol. The van der Waals surface area contributed by atoms with E-state index in [-0.39, 0.29) is 11.9 Å². The Labute approximate surface area is 201 Å². The minimum Gasteiger partial charge on any atom is -0.462 e. The molecular formula is C23H27N5O3S2. The molecule has 3 heterocycles. The van der Waals surface area contributed by atoms with E-state index in [0.717, 1.165) is 30.4 Å². The van der Waals surface area contributed by atoms with Crippen molar-refractivity contribution >= 4 is 40.0 Å². The first-order valence-electron chi connectivity index (χ1n) is 11.0. The van der Waals surface area contributed by atoms with Crippen LogP contribution in [0.25, 0.3) is 11.4 Å². The van der Waals surface area contributed by atoms with Crippen LogP contribution in [-0.4, -0.2) is 43.5 Å². The Kier molecular flexibility index (Phi) is 7.14. The standard InChI is InChI=1S/C23H27N5O3S2/c1-5-31-22(30)18-16-7-6-13(2)12-17(16)33-21(18)25-20(29)14(3)32-23-27-26-19(28(23)4)15-8-10-24-11-9-15/h8-11,13-14H,5-7,12H2,1-4H3,(H,25,29)/t13-,14+/m1/s1. The van der Waals surface area contributed by atoms with E-state index in [1.54, 1.807) is 19.3 Å². The average Bonchev–Trinajstić information content (AvgIpc) is 3.33. The summed E-state index contributed by atoms with van der Waals surface area (Å²) in [6.45, 7) is 6.12. The molecule has 0 saturated carbocycles. The minimum absolute atomic E-state index is 0.189. The minimum atomic E-state index is -0.439. The van der Waals surface area contributed by atoms with Crippen LogP contribution in [0.1, 0.15) is 48.0 Å². The first kappa shape index (κ1) is 23.4. The maximum atomic E-state index is 13.1. The Bertz CT molecular complexity index is 1160. The highest BCUT2D eigenvalue weighted by Crippen LogP contribution is 2.40. The van der Waals surface area contributed by atoms with Crippen molar-refractivity contribution in [3.8, 4) is 11.4 Å². The van der Waals surface area contributed by atoms with Crippen LogP contribution in [0.5, 0.6) is 0 Å². The zero-order valence-electron chi connectivity index (χ0n) is 19.1. The fourth-order valence-corrected chi connectivity index (χ4v) is 6.07. The molecule has 174 valence electrons. The summed E-state index contributed by atoms with van der Waals surface area (Å²) < 4.78 is 7.16. The maximum absolute atomic E-state index is 13.1. The maximum Gasteiger partial charge on any atom is 0.341 e. The van der Waals surface area contributed by atoms with Gasteiger partial charge >= 0.3 is 5.97 Å². The van der Waals surface area contributed by atoms with Crippen molar-refractivity contribution in [2.75, 3.05) is 11.9 Å². The van der Waals surface area contributed by atoms with Gasteiger partial charge in [0.05, 0.1) is 17.4 Å². The summed E-state index contributed by atoms with van der Waals surface area (Å²) in [5.41, 5.74) is 2.46. The smallest absolute Gasteiger partial charge is 0.341 e.